The van der Waals surface area contributed by atoms with Gasteiger partial charge in [0.2, 0.25) is 5.91 Å². The van der Waals surface area contributed by atoms with Crippen molar-refractivity contribution in [3.63, 3.8) is 0 Å². The van der Waals surface area contributed by atoms with Crippen LogP contribution in [-0.2, 0) is 16.0 Å². The fraction of sp³-hybridized carbons (Fsp3) is 0.533. The lowest BCUT2D eigenvalue weighted by molar-refractivity contribution is -0.144. The van der Waals surface area contributed by atoms with Crippen molar-refractivity contribution in [3.05, 3.63) is 30.1 Å². The van der Waals surface area contributed by atoms with Crippen LogP contribution in [0.15, 0.2) is 24.5 Å². The summed E-state index contributed by atoms with van der Waals surface area (Å²) in [6.07, 6.45) is 6.55. The number of nitrogens with zero attached hydrogens (tertiary/aromatic N) is 1. The first kappa shape index (κ1) is 13.1. The van der Waals surface area contributed by atoms with Crippen LogP contribution in [0.4, 0.5) is 0 Å². The molecule has 4 unspecified atom stereocenters. The Morgan fingerprint density at radius 1 is 1.25 bits per heavy atom. The molecule has 2 bridgehead atoms. The largest absolute Gasteiger partial charge is 0.481 e. The maximum Gasteiger partial charge on any atom is 0.308 e. The zero-order valence-corrected chi connectivity index (χ0v) is 11.2. The highest BCUT2D eigenvalue weighted by molar-refractivity contribution is 5.80. The van der Waals surface area contributed by atoms with Gasteiger partial charge < -0.3 is 10.4 Å². The van der Waals surface area contributed by atoms with Crippen molar-refractivity contribution in [3.8, 4) is 0 Å². The predicted molar refractivity (Wildman–Crippen MR) is 71.8 cm³/mol. The fourth-order valence-electron chi connectivity index (χ4n) is 3.78. The van der Waals surface area contributed by atoms with Crippen molar-refractivity contribution in [2.45, 2.75) is 31.7 Å². The van der Waals surface area contributed by atoms with Gasteiger partial charge in [-0.05, 0) is 48.8 Å². The molecule has 2 aliphatic rings. The summed E-state index contributed by atoms with van der Waals surface area (Å²) in [4.78, 5) is 27.4. The van der Waals surface area contributed by atoms with Gasteiger partial charge in [-0.3, -0.25) is 14.6 Å². The zero-order chi connectivity index (χ0) is 14.1. The molecule has 1 amide bonds. The molecule has 0 aliphatic heterocycles. The molecule has 2 N–H and O–H groups in total. The van der Waals surface area contributed by atoms with Gasteiger partial charge in [0.1, 0.15) is 0 Å². The molecule has 3 rings (SSSR count). The van der Waals surface area contributed by atoms with Gasteiger partial charge in [0.05, 0.1) is 12.3 Å². The number of carbonyl (C=O) groups excluding carboxylic acids is 1. The lowest BCUT2D eigenvalue weighted by atomic mass is 9.84. The van der Waals surface area contributed by atoms with E-state index in [4.69, 9.17) is 0 Å². The lowest BCUT2D eigenvalue weighted by Crippen LogP contribution is -2.47. The number of rotatable bonds is 4. The summed E-state index contributed by atoms with van der Waals surface area (Å²) in [6, 6.07) is 3.41. The van der Waals surface area contributed by atoms with Crippen molar-refractivity contribution in [1.29, 1.82) is 0 Å². The molecular weight excluding hydrogens is 256 g/mol. The third-order valence-electron chi connectivity index (χ3n) is 4.64. The Bertz CT molecular complexity index is 517. The molecule has 2 aliphatic carbocycles. The minimum Gasteiger partial charge on any atom is -0.481 e. The molecule has 2 fully saturated rings. The molecule has 2 saturated carbocycles. The van der Waals surface area contributed by atoms with Crippen molar-refractivity contribution in [1.82, 2.24) is 10.3 Å². The van der Waals surface area contributed by atoms with Gasteiger partial charge in [0.15, 0.2) is 0 Å². The van der Waals surface area contributed by atoms with Gasteiger partial charge in [-0.15, -0.1) is 0 Å². The van der Waals surface area contributed by atoms with Gasteiger partial charge in [-0.2, -0.15) is 0 Å². The van der Waals surface area contributed by atoms with E-state index in [1.165, 1.54) is 0 Å². The standard InChI is InChI=1S/C15H18N2O3/c18-12(7-9-3-5-16-6-4-9)17-14-11-2-1-10(8-11)13(14)15(19)20/h3-6,10-11,13-14H,1-2,7-8H2,(H,17,18)(H,19,20). The van der Waals surface area contributed by atoms with Gasteiger partial charge >= 0.3 is 5.97 Å². The van der Waals surface area contributed by atoms with E-state index in [0.717, 1.165) is 24.8 Å². The number of pyridine rings is 1. The molecule has 0 saturated heterocycles. The summed E-state index contributed by atoms with van der Waals surface area (Å²) in [5, 5.41) is 12.3. The second-order valence-corrected chi connectivity index (χ2v) is 5.82. The monoisotopic (exact) mass is 274 g/mol. The number of hydrogen-bond acceptors (Lipinski definition) is 3. The number of carboxylic acid groups (broad SMARTS) is 1. The van der Waals surface area contributed by atoms with Crippen LogP contribution >= 0.6 is 0 Å². The van der Waals surface area contributed by atoms with Crippen molar-refractivity contribution < 1.29 is 14.7 Å². The van der Waals surface area contributed by atoms with E-state index in [1.807, 2.05) is 0 Å². The molecule has 5 nitrogen and oxygen atoms in total. The highest BCUT2D eigenvalue weighted by Crippen LogP contribution is 2.48. The molecule has 1 aromatic heterocycles. The summed E-state index contributed by atoms with van der Waals surface area (Å²) in [7, 11) is 0. The van der Waals surface area contributed by atoms with Crippen LogP contribution in [0.1, 0.15) is 24.8 Å². The van der Waals surface area contributed by atoms with Gasteiger partial charge in [-0.1, -0.05) is 0 Å². The van der Waals surface area contributed by atoms with Gasteiger partial charge in [0.25, 0.3) is 0 Å². The summed E-state index contributed by atoms with van der Waals surface area (Å²) in [5.74, 6) is -0.701. The zero-order valence-electron chi connectivity index (χ0n) is 11.2. The van der Waals surface area contributed by atoms with Crippen LogP contribution in [0.25, 0.3) is 0 Å². The van der Waals surface area contributed by atoms with Crippen LogP contribution in [0.2, 0.25) is 0 Å². The Kier molecular flexibility index (Phi) is 3.42. The molecule has 0 radical (unpaired) electrons. The van der Waals surface area contributed by atoms with E-state index in [-0.39, 0.29) is 24.3 Å². The van der Waals surface area contributed by atoms with Crippen molar-refractivity contribution >= 4 is 11.9 Å². The number of aromatic nitrogens is 1. The molecule has 1 heterocycles. The van der Waals surface area contributed by atoms with Crippen LogP contribution in [0.5, 0.6) is 0 Å². The van der Waals surface area contributed by atoms with Crippen LogP contribution in [-0.4, -0.2) is 28.0 Å². The molecular formula is C15H18N2O3. The highest BCUT2D eigenvalue weighted by atomic mass is 16.4. The number of aliphatic carboxylic acids is 1. The summed E-state index contributed by atoms with van der Waals surface area (Å²) in [5.41, 5.74) is 0.896. The predicted octanol–water partition coefficient (Wildman–Crippen LogP) is 1.24. The van der Waals surface area contributed by atoms with E-state index in [2.05, 4.69) is 10.3 Å². The first-order chi connectivity index (χ1) is 9.65. The Balaban J connectivity index is 1.65. The van der Waals surface area contributed by atoms with E-state index in [0.29, 0.717) is 5.92 Å². The average Bonchev–Trinajstić information content (AvgIpc) is 3.00. The second kappa shape index (κ2) is 5.23. The fourth-order valence-corrected chi connectivity index (χ4v) is 3.78. The van der Waals surface area contributed by atoms with E-state index < -0.39 is 11.9 Å². The van der Waals surface area contributed by atoms with E-state index >= 15 is 0 Å². The lowest BCUT2D eigenvalue weighted by Gasteiger charge is -2.28. The number of amides is 1. The number of hydrogen-bond donors (Lipinski definition) is 2. The SMILES string of the molecule is O=C(Cc1ccncc1)NC1C2CCC(C2)C1C(=O)O. The second-order valence-electron chi connectivity index (χ2n) is 5.82. The van der Waals surface area contributed by atoms with Crippen LogP contribution < -0.4 is 5.32 Å². The first-order valence-corrected chi connectivity index (χ1v) is 7.06. The van der Waals surface area contributed by atoms with Crippen molar-refractivity contribution in [2.24, 2.45) is 17.8 Å². The Labute approximate surface area is 117 Å². The van der Waals surface area contributed by atoms with E-state index in [9.17, 15) is 14.7 Å². The maximum atomic E-state index is 12.1. The quantitative estimate of drug-likeness (QED) is 0.865. The molecule has 4 atom stereocenters. The van der Waals surface area contributed by atoms with Gasteiger partial charge in [-0.25, -0.2) is 0 Å². The normalized spacial score (nSPS) is 31.2. The van der Waals surface area contributed by atoms with E-state index in [1.54, 1.807) is 24.5 Å². The number of carboxylic acids is 1. The molecule has 1 aromatic rings. The molecule has 106 valence electrons. The topological polar surface area (TPSA) is 79.3 Å². The third-order valence-corrected chi connectivity index (χ3v) is 4.64. The molecule has 0 spiro atoms. The highest BCUT2D eigenvalue weighted by Gasteiger charge is 2.51. The van der Waals surface area contributed by atoms with Crippen molar-refractivity contribution in [2.75, 3.05) is 0 Å². The minimum absolute atomic E-state index is 0.0972. The Morgan fingerprint density at radius 2 is 1.95 bits per heavy atom. The van der Waals surface area contributed by atoms with Gasteiger partial charge in [0, 0.05) is 18.4 Å². The smallest absolute Gasteiger partial charge is 0.308 e. The Hall–Kier alpha value is -1.91. The third kappa shape index (κ3) is 2.40. The average molecular weight is 274 g/mol. The summed E-state index contributed by atoms with van der Waals surface area (Å²) < 4.78 is 0. The number of fused-ring (bicyclic) bond motifs is 2. The molecule has 0 aromatic carbocycles. The van der Waals surface area contributed by atoms with Crippen LogP contribution in [0, 0.1) is 17.8 Å². The summed E-state index contributed by atoms with van der Waals surface area (Å²) in [6.45, 7) is 0. The first-order valence-electron chi connectivity index (χ1n) is 7.06. The number of carbonyl (C=O) groups is 2. The minimum atomic E-state index is -0.772. The maximum absolute atomic E-state index is 12.1. The Morgan fingerprint density at radius 3 is 2.65 bits per heavy atom. The number of nitrogens with one attached hydrogen (secondary N) is 1. The molecule has 5 heteroatoms. The molecule has 20 heavy (non-hydrogen) atoms. The van der Waals surface area contributed by atoms with Crippen LogP contribution in [0.3, 0.4) is 0 Å². The summed E-state index contributed by atoms with van der Waals surface area (Å²) >= 11 is 0.